The van der Waals surface area contributed by atoms with Crippen molar-refractivity contribution < 1.29 is 8.42 Å². The second kappa shape index (κ2) is 5.21. The van der Waals surface area contributed by atoms with Gasteiger partial charge < -0.3 is 0 Å². The summed E-state index contributed by atoms with van der Waals surface area (Å²) in [4.78, 5) is 0. The Balaban J connectivity index is 2.93. The van der Waals surface area contributed by atoms with Crippen LogP contribution in [0.25, 0.3) is 5.57 Å². The van der Waals surface area contributed by atoms with Gasteiger partial charge in [0.15, 0.2) is 0 Å². The van der Waals surface area contributed by atoms with Crippen LogP contribution in [-0.2, 0) is 15.5 Å². The van der Waals surface area contributed by atoms with Crippen LogP contribution in [0, 0.1) is 0 Å². The zero-order valence-corrected chi connectivity index (χ0v) is 11.2. The fourth-order valence-electron chi connectivity index (χ4n) is 1.28. The van der Waals surface area contributed by atoms with Crippen molar-refractivity contribution >= 4 is 36.9 Å². The lowest BCUT2D eigenvalue weighted by molar-refractivity contribution is 0.609. The molecule has 0 saturated carbocycles. The highest BCUT2D eigenvalue weighted by molar-refractivity contribution is 8.13. The third kappa shape index (κ3) is 4.56. The van der Waals surface area contributed by atoms with E-state index >= 15 is 0 Å². The van der Waals surface area contributed by atoms with E-state index in [1.165, 1.54) is 0 Å². The first-order valence-electron chi connectivity index (χ1n) is 4.65. The minimum atomic E-state index is -3.46. The van der Waals surface area contributed by atoms with Gasteiger partial charge >= 0.3 is 0 Å². The normalized spacial score (nSPS) is 11.4. The molecule has 0 aromatic heterocycles. The molecule has 0 unspecified atom stereocenters. The maximum atomic E-state index is 10.8. The van der Waals surface area contributed by atoms with Crippen LogP contribution in [0.1, 0.15) is 18.1 Å². The maximum absolute atomic E-state index is 10.8. The molecule has 1 rings (SSSR count). The van der Waals surface area contributed by atoms with E-state index < -0.39 is 9.05 Å². The van der Waals surface area contributed by atoms with Crippen molar-refractivity contribution in [2.75, 3.05) is 5.75 Å². The minimum absolute atomic E-state index is 0.0927. The van der Waals surface area contributed by atoms with Crippen molar-refractivity contribution in [3.8, 4) is 0 Å². The monoisotopic (exact) mass is 278 g/mol. The molecular formula is C11H12Cl2O2S. The summed E-state index contributed by atoms with van der Waals surface area (Å²) < 4.78 is 21.6. The van der Waals surface area contributed by atoms with Gasteiger partial charge in [-0.25, -0.2) is 8.42 Å². The molecule has 2 nitrogen and oxygen atoms in total. The van der Waals surface area contributed by atoms with E-state index in [0.29, 0.717) is 11.4 Å². The van der Waals surface area contributed by atoms with Crippen LogP contribution in [0.3, 0.4) is 0 Å². The standard InChI is InChI=1S/C11H12Cl2O2S/c1-8(2)10-5-9(6-11(12)7-10)3-4-16(13,14)15/h5-7H,1,3-4H2,2H3. The SMILES string of the molecule is C=C(C)c1cc(Cl)cc(CCS(=O)(=O)Cl)c1. The second-order valence-corrected chi connectivity index (χ2v) is 6.95. The molecule has 16 heavy (non-hydrogen) atoms. The largest absolute Gasteiger partial charge is 0.232 e. The fraction of sp³-hybridized carbons (Fsp3) is 0.273. The first-order valence-corrected chi connectivity index (χ1v) is 7.51. The van der Waals surface area contributed by atoms with E-state index in [-0.39, 0.29) is 5.75 Å². The number of hydrogen-bond acceptors (Lipinski definition) is 2. The predicted octanol–water partition coefficient (Wildman–Crippen LogP) is 3.48. The molecule has 0 aliphatic carbocycles. The number of benzene rings is 1. The molecule has 0 amide bonds. The highest BCUT2D eigenvalue weighted by atomic mass is 35.7. The zero-order valence-electron chi connectivity index (χ0n) is 8.83. The topological polar surface area (TPSA) is 34.1 Å². The number of hydrogen-bond donors (Lipinski definition) is 0. The Morgan fingerprint density at radius 2 is 2.00 bits per heavy atom. The van der Waals surface area contributed by atoms with Gasteiger partial charge in [-0.3, -0.25) is 0 Å². The van der Waals surface area contributed by atoms with Crippen molar-refractivity contribution in [2.45, 2.75) is 13.3 Å². The molecule has 0 radical (unpaired) electrons. The molecule has 1 aromatic carbocycles. The van der Waals surface area contributed by atoms with E-state index in [4.69, 9.17) is 22.3 Å². The summed E-state index contributed by atoms with van der Waals surface area (Å²) in [5.41, 5.74) is 2.64. The second-order valence-electron chi connectivity index (χ2n) is 3.62. The quantitative estimate of drug-likeness (QED) is 0.791. The van der Waals surface area contributed by atoms with E-state index in [1.807, 2.05) is 13.0 Å². The fourth-order valence-corrected chi connectivity index (χ4v) is 2.25. The highest BCUT2D eigenvalue weighted by Gasteiger charge is 2.07. The van der Waals surface area contributed by atoms with Crippen molar-refractivity contribution in [1.82, 2.24) is 0 Å². The Labute approximate surface area is 105 Å². The van der Waals surface area contributed by atoms with Crippen LogP contribution in [0.4, 0.5) is 0 Å². The van der Waals surface area contributed by atoms with Gasteiger partial charge in [0.1, 0.15) is 0 Å². The zero-order chi connectivity index (χ0) is 12.3. The Hall–Kier alpha value is -0.510. The number of halogens is 2. The van der Waals surface area contributed by atoms with E-state index in [9.17, 15) is 8.42 Å². The van der Waals surface area contributed by atoms with Gasteiger partial charge in [-0.2, -0.15) is 0 Å². The van der Waals surface area contributed by atoms with E-state index in [1.54, 1.807) is 12.1 Å². The smallest absolute Gasteiger partial charge is 0.212 e. The van der Waals surface area contributed by atoms with Crippen LogP contribution < -0.4 is 0 Å². The molecule has 0 heterocycles. The molecule has 0 atom stereocenters. The van der Waals surface area contributed by atoms with Crippen LogP contribution in [-0.4, -0.2) is 14.2 Å². The van der Waals surface area contributed by atoms with E-state index in [0.717, 1.165) is 16.7 Å². The third-order valence-electron chi connectivity index (χ3n) is 2.08. The van der Waals surface area contributed by atoms with E-state index in [2.05, 4.69) is 6.58 Å². The molecule has 5 heteroatoms. The molecule has 0 N–H and O–H groups in total. The Morgan fingerprint density at radius 3 is 2.50 bits per heavy atom. The van der Waals surface area contributed by atoms with Gasteiger partial charge in [0.2, 0.25) is 9.05 Å². The first-order chi connectivity index (χ1) is 7.28. The van der Waals surface area contributed by atoms with Crippen molar-refractivity contribution in [1.29, 1.82) is 0 Å². The number of aryl methyl sites for hydroxylation is 1. The number of allylic oxidation sites excluding steroid dienone is 1. The lowest BCUT2D eigenvalue weighted by atomic mass is 10.0. The Morgan fingerprint density at radius 1 is 1.38 bits per heavy atom. The van der Waals surface area contributed by atoms with Crippen LogP contribution in [0.5, 0.6) is 0 Å². The van der Waals surface area contributed by atoms with Crippen LogP contribution in [0.2, 0.25) is 5.02 Å². The summed E-state index contributed by atoms with van der Waals surface area (Å²) in [7, 11) is 1.69. The summed E-state index contributed by atoms with van der Waals surface area (Å²) >= 11 is 5.92. The lowest BCUT2D eigenvalue weighted by Gasteiger charge is -2.05. The van der Waals surface area contributed by atoms with Gasteiger partial charge in [0, 0.05) is 15.7 Å². The average Bonchev–Trinajstić information content (AvgIpc) is 2.13. The highest BCUT2D eigenvalue weighted by Crippen LogP contribution is 2.21. The molecule has 0 aliphatic heterocycles. The molecule has 88 valence electrons. The summed E-state index contributed by atoms with van der Waals surface area (Å²) in [6, 6.07) is 5.40. The molecule has 0 saturated heterocycles. The molecule has 1 aromatic rings. The summed E-state index contributed by atoms with van der Waals surface area (Å²) in [5.74, 6) is -0.0927. The predicted molar refractivity (Wildman–Crippen MR) is 69.5 cm³/mol. The van der Waals surface area contributed by atoms with Crippen molar-refractivity contribution in [3.05, 3.63) is 40.9 Å². The number of rotatable bonds is 4. The average molecular weight is 279 g/mol. The maximum Gasteiger partial charge on any atom is 0.232 e. The first kappa shape index (κ1) is 13.6. The van der Waals surface area contributed by atoms with Gasteiger partial charge in [0.25, 0.3) is 0 Å². The molecule has 0 spiro atoms. The van der Waals surface area contributed by atoms with Gasteiger partial charge in [-0.15, -0.1) is 0 Å². The Bertz CT molecular complexity index is 507. The molecule has 0 bridgehead atoms. The lowest BCUT2D eigenvalue weighted by Crippen LogP contribution is -2.01. The van der Waals surface area contributed by atoms with Crippen LogP contribution >= 0.6 is 22.3 Å². The third-order valence-corrected chi connectivity index (χ3v) is 3.46. The summed E-state index contributed by atoms with van der Waals surface area (Å²) in [6.45, 7) is 5.68. The molecule has 0 aliphatic rings. The van der Waals surface area contributed by atoms with Gasteiger partial charge in [-0.1, -0.05) is 29.8 Å². The van der Waals surface area contributed by atoms with Gasteiger partial charge in [0.05, 0.1) is 5.75 Å². The Kier molecular flexibility index (Phi) is 4.42. The van der Waals surface area contributed by atoms with Crippen molar-refractivity contribution in [2.24, 2.45) is 0 Å². The molecule has 0 fully saturated rings. The minimum Gasteiger partial charge on any atom is -0.212 e. The summed E-state index contributed by atoms with van der Waals surface area (Å²) in [5, 5.41) is 0.572. The van der Waals surface area contributed by atoms with Crippen LogP contribution in [0.15, 0.2) is 24.8 Å². The molecular weight excluding hydrogens is 267 g/mol. The summed E-state index contributed by atoms with van der Waals surface area (Å²) in [6.07, 6.45) is 0.354. The van der Waals surface area contributed by atoms with Crippen molar-refractivity contribution in [3.63, 3.8) is 0 Å². The van der Waals surface area contributed by atoms with Gasteiger partial charge in [-0.05, 0) is 36.6 Å².